The van der Waals surface area contributed by atoms with E-state index in [0.29, 0.717) is 11.5 Å². The summed E-state index contributed by atoms with van der Waals surface area (Å²) in [5.41, 5.74) is 1.43. The first kappa shape index (κ1) is 23.4. The number of fused-ring (bicyclic) bond motifs is 1. The summed E-state index contributed by atoms with van der Waals surface area (Å²) >= 11 is 1.51. The Balaban J connectivity index is 0.00000245. The largest absolute Gasteiger partial charge is 1.00 e. The van der Waals surface area contributed by atoms with Crippen LogP contribution in [0.25, 0.3) is 11.3 Å². The molecule has 2 saturated heterocycles. The molecule has 1 spiro atoms. The molecule has 162 valence electrons. The van der Waals surface area contributed by atoms with Gasteiger partial charge in [0.05, 0.1) is 12.0 Å². The number of carboxylic acids is 1. The van der Waals surface area contributed by atoms with Gasteiger partial charge in [0.1, 0.15) is 28.4 Å². The third kappa shape index (κ3) is 3.59. The van der Waals surface area contributed by atoms with E-state index in [4.69, 9.17) is 4.52 Å². The zero-order valence-electron chi connectivity index (χ0n) is 18.0. The van der Waals surface area contributed by atoms with Gasteiger partial charge in [-0.1, -0.05) is 54.8 Å². The van der Waals surface area contributed by atoms with Crippen molar-refractivity contribution in [2.45, 2.75) is 61.2 Å². The van der Waals surface area contributed by atoms with Gasteiger partial charge in [0, 0.05) is 10.3 Å². The molecule has 1 aromatic carbocycles. The van der Waals surface area contributed by atoms with Gasteiger partial charge >= 0.3 is 29.6 Å². The number of β-lactam (4-membered cyclic amide) rings is 1. The molecule has 3 heterocycles. The molecule has 2 unspecified atom stereocenters. The van der Waals surface area contributed by atoms with Gasteiger partial charge in [-0.2, -0.15) is 0 Å². The molecular weight excluding hydrogens is 441 g/mol. The number of hydrogen-bond acceptors (Lipinski definition) is 7. The maximum atomic E-state index is 13.1. The standard InChI is InChI=1S/C22H23N3O5S.Na/c1-12-14(15(24-30-12)13-8-4-2-5-9-13)18(26)23-16-19(27)25-17(21(28)29)22(31-20(16)25)10-6-3-7-11-22;/h2,4-5,8-9,16-17,20H,3,6-7,10-11H2,1H3,(H,23,26)(H,28,29);/q;+1/p-1/t16?,17?,20-;/m0./s1. The number of carboxylic acid groups (broad SMARTS) is 1. The van der Waals surface area contributed by atoms with Crippen molar-refractivity contribution in [1.29, 1.82) is 0 Å². The van der Waals surface area contributed by atoms with Gasteiger partial charge < -0.3 is 24.6 Å². The molecule has 3 fully saturated rings. The van der Waals surface area contributed by atoms with Gasteiger partial charge in [0.25, 0.3) is 5.91 Å². The van der Waals surface area contributed by atoms with Crippen LogP contribution in [0.4, 0.5) is 0 Å². The Morgan fingerprint density at radius 3 is 2.56 bits per heavy atom. The monoisotopic (exact) mass is 463 g/mol. The van der Waals surface area contributed by atoms with Crippen LogP contribution < -0.4 is 40.0 Å². The van der Waals surface area contributed by atoms with Crippen LogP contribution in [0.3, 0.4) is 0 Å². The van der Waals surface area contributed by atoms with Gasteiger partial charge in [0.15, 0.2) is 0 Å². The first-order valence-corrected chi connectivity index (χ1v) is 11.3. The summed E-state index contributed by atoms with van der Waals surface area (Å²) < 4.78 is 4.73. The number of aryl methyl sites for hydroxylation is 1. The molecule has 8 nitrogen and oxygen atoms in total. The van der Waals surface area contributed by atoms with Crippen molar-refractivity contribution in [3.63, 3.8) is 0 Å². The van der Waals surface area contributed by atoms with Crippen LogP contribution in [-0.4, -0.2) is 50.0 Å². The number of aromatic nitrogens is 1. The number of benzene rings is 1. The van der Waals surface area contributed by atoms with Crippen LogP contribution in [0, 0.1) is 6.92 Å². The second-order valence-corrected chi connectivity index (χ2v) is 9.91. The molecule has 0 radical (unpaired) electrons. The number of thioether (sulfide) groups is 1. The molecule has 2 aliphatic heterocycles. The fourth-order valence-electron chi connectivity index (χ4n) is 5.09. The van der Waals surface area contributed by atoms with Crippen LogP contribution in [0.1, 0.15) is 48.2 Å². The summed E-state index contributed by atoms with van der Waals surface area (Å²) in [4.78, 5) is 39.4. The predicted molar refractivity (Wildman–Crippen MR) is 111 cm³/mol. The van der Waals surface area contributed by atoms with Crippen molar-refractivity contribution >= 4 is 29.5 Å². The van der Waals surface area contributed by atoms with Crippen molar-refractivity contribution in [2.24, 2.45) is 0 Å². The van der Waals surface area contributed by atoms with Crippen LogP contribution in [-0.2, 0) is 9.59 Å². The molecule has 32 heavy (non-hydrogen) atoms. The van der Waals surface area contributed by atoms with Gasteiger partial charge in [0.2, 0.25) is 5.91 Å². The summed E-state index contributed by atoms with van der Waals surface area (Å²) in [7, 11) is 0. The molecule has 3 aliphatic rings. The SMILES string of the molecule is Cc1onc(-c2ccccc2)c1C(=O)NC1C(=O)N2C(C(=O)[O-])C3(CCCCC3)S[C@@H]12.[Na+]. The Bertz CT molecular complexity index is 1050. The van der Waals surface area contributed by atoms with Crippen LogP contribution in [0.5, 0.6) is 0 Å². The zero-order chi connectivity index (χ0) is 21.8. The van der Waals surface area contributed by atoms with Crippen LogP contribution >= 0.6 is 11.8 Å². The maximum Gasteiger partial charge on any atom is 1.00 e. The first-order valence-electron chi connectivity index (χ1n) is 10.5. The molecule has 0 bridgehead atoms. The topological polar surface area (TPSA) is 116 Å². The number of nitrogens with one attached hydrogen (secondary N) is 1. The van der Waals surface area contributed by atoms with E-state index in [0.717, 1.165) is 37.7 Å². The van der Waals surface area contributed by atoms with Crippen molar-refractivity contribution in [1.82, 2.24) is 15.4 Å². The minimum Gasteiger partial charge on any atom is -0.548 e. The van der Waals surface area contributed by atoms with E-state index in [1.165, 1.54) is 16.7 Å². The molecule has 1 aromatic heterocycles. The van der Waals surface area contributed by atoms with Crippen LogP contribution in [0.15, 0.2) is 34.9 Å². The normalized spacial score (nSPS) is 25.6. The molecule has 10 heteroatoms. The van der Waals surface area contributed by atoms with Crippen molar-refractivity contribution in [3.05, 3.63) is 41.7 Å². The second kappa shape index (κ2) is 8.85. The summed E-state index contributed by atoms with van der Waals surface area (Å²) in [5.74, 6) is -1.68. The number of carbonyl (C=O) groups excluding carboxylic acids is 3. The number of amides is 2. The number of nitrogens with zero attached hydrogens (tertiary/aromatic N) is 2. The number of hydrogen-bond donors (Lipinski definition) is 1. The van der Waals surface area contributed by atoms with E-state index < -0.39 is 34.1 Å². The first-order chi connectivity index (χ1) is 14.9. The molecule has 2 aromatic rings. The third-order valence-corrected chi connectivity index (χ3v) is 8.40. The number of rotatable bonds is 4. The number of carbonyl (C=O) groups is 3. The average Bonchev–Trinajstić information content (AvgIpc) is 3.29. The van der Waals surface area contributed by atoms with Crippen molar-refractivity contribution in [2.75, 3.05) is 0 Å². The minimum absolute atomic E-state index is 0. The fourth-order valence-corrected chi connectivity index (χ4v) is 7.10. The Hall–Kier alpha value is -1.81. The molecule has 1 saturated carbocycles. The van der Waals surface area contributed by atoms with Gasteiger partial charge in [-0.25, -0.2) is 0 Å². The third-order valence-electron chi connectivity index (χ3n) is 6.56. The molecule has 3 atom stereocenters. The predicted octanol–water partition coefficient (Wildman–Crippen LogP) is -1.51. The Labute approximate surface area is 211 Å². The van der Waals surface area contributed by atoms with E-state index in [2.05, 4.69) is 10.5 Å². The molecule has 1 aliphatic carbocycles. The molecule has 1 N–H and O–H groups in total. The summed E-state index contributed by atoms with van der Waals surface area (Å²) in [6.07, 6.45) is 4.40. The van der Waals surface area contributed by atoms with E-state index in [1.807, 2.05) is 30.3 Å². The number of aliphatic carboxylic acids is 1. The van der Waals surface area contributed by atoms with Gasteiger partial charge in [-0.3, -0.25) is 9.59 Å². The van der Waals surface area contributed by atoms with Crippen molar-refractivity contribution < 1.29 is 53.6 Å². The van der Waals surface area contributed by atoms with E-state index in [1.54, 1.807) is 6.92 Å². The summed E-state index contributed by atoms with van der Waals surface area (Å²) in [6, 6.07) is 7.48. The summed E-state index contributed by atoms with van der Waals surface area (Å²) in [5, 5.41) is 18.4. The summed E-state index contributed by atoms with van der Waals surface area (Å²) in [6.45, 7) is 1.65. The van der Waals surface area contributed by atoms with E-state index in [-0.39, 0.29) is 41.0 Å². The van der Waals surface area contributed by atoms with Gasteiger partial charge in [-0.15, -0.1) is 11.8 Å². The van der Waals surface area contributed by atoms with E-state index >= 15 is 0 Å². The quantitative estimate of drug-likeness (QED) is 0.433. The van der Waals surface area contributed by atoms with E-state index in [9.17, 15) is 19.5 Å². The fraction of sp³-hybridized carbons (Fsp3) is 0.455. The van der Waals surface area contributed by atoms with Crippen LogP contribution in [0.2, 0.25) is 0 Å². The second-order valence-electron chi connectivity index (χ2n) is 8.38. The smallest absolute Gasteiger partial charge is 0.548 e. The minimum atomic E-state index is -1.21. The van der Waals surface area contributed by atoms with Crippen molar-refractivity contribution in [3.8, 4) is 11.3 Å². The maximum absolute atomic E-state index is 13.1. The molecule has 5 rings (SSSR count). The average molecular weight is 463 g/mol. The zero-order valence-corrected chi connectivity index (χ0v) is 20.8. The Morgan fingerprint density at radius 1 is 1.22 bits per heavy atom. The molecule has 2 amide bonds. The Morgan fingerprint density at radius 2 is 1.91 bits per heavy atom. The Kier molecular flexibility index (Phi) is 6.46. The molecular formula is C22H22N3NaO5S. The van der Waals surface area contributed by atoms with Gasteiger partial charge in [-0.05, 0) is 19.8 Å².